The molecule has 0 aliphatic carbocycles. The second-order valence-electron chi connectivity index (χ2n) is 6.57. The molecule has 0 amide bonds. The summed E-state index contributed by atoms with van der Waals surface area (Å²) in [6.45, 7) is 0. The van der Waals surface area contributed by atoms with Gasteiger partial charge in [0, 0.05) is 23.5 Å². The normalized spacial score (nSPS) is 13.6. The van der Waals surface area contributed by atoms with E-state index in [1.54, 1.807) is 29.1 Å². The van der Waals surface area contributed by atoms with Crippen LogP contribution in [-0.2, 0) is 0 Å². The van der Waals surface area contributed by atoms with Crippen LogP contribution >= 0.6 is 11.6 Å². The van der Waals surface area contributed by atoms with Crippen LogP contribution in [0.5, 0.6) is 17.6 Å². The van der Waals surface area contributed by atoms with Gasteiger partial charge in [-0.3, -0.25) is 0 Å². The third kappa shape index (κ3) is 3.33. The number of aromatic hydroxyl groups is 1. The largest absolute Gasteiger partial charge is 0.493 e. The molecule has 2 aromatic heterocycles. The van der Waals surface area contributed by atoms with Gasteiger partial charge in [-0.15, -0.1) is 0 Å². The summed E-state index contributed by atoms with van der Waals surface area (Å²) in [5.74, 6) is 1.15. The number of ether oxygens (including phenoxy) is 1. The number of para-hydroxylation sites is 2. The van der Waals surface area contributed by atoms with E-state index in [0.717, 1.165) is 16.8 Å². The lowest BCUT2D eigenvalue weighted by atomic mass is 10.1. The van der Waals surface area contributed by atoms with E-state index in [4.69, 9.17) is 16.3 Å². The summed E-state index contributed by atoms with van der Waals surface area (Å²) in [5, 5.41) is 11.5. The maximum Gasteiger partial charge on any atom is 0.310 e. The predicted octanol–water partition coefficient (Wildman–Crippen LogP) is 5.68. The molecule has 146 valence electrons. The van der Waals surface area contributed by atoms with E-state index in [1.807, 2.05) is 60.7 Å². The number of fused-ring (bicyclic) bond motifs is 1. The van der Waals surface area contributed by atoms with Crippen LogP contribution in [0.15, 0.2) is 77.9 Å². The molecule has 30 heavy (non-hydrogen) atoms. The van der Waals surface area contributed by atoms with Gasteiger partial charge in [-0.25, -0.2) is 14.5 Å². The minimum absolute atomic E-state index is 0.0449. The van der Waals surface area contributed by atoms with Crippen molar-refractivity contribution >= 4 is 35.3 Å². The summed E-state index contributed by atoms with van der Waals surface area (Å²) in [5.41, 5.74) is 2.60. The number of pyridine rings is 1. The first kappa shape index (κ1) is 18.1. The number of rotatable bonds is 4. The van der Waals surface area contributed by atoms with E-state index in [2.05, 4.69) is 15.0 Å². The molecule has 1 aliphatic rings. The number of aliphatic imine (C=N–C) groups is 1. The van der Waals surface area contributed by atoms with Gasteiger partial charge in [0.2, 0.25) is 5.88 Å². The predicted molar refractivity (Wildman–Crippen MR) is 117 cm³/mol. The van der Waals surface area contributed by atoms with Crippen LogP contribution in [0.4, 0.5) is 5.82 Å². The maximum absolute atomic E-state index is 11.0. The van der Waals surface area contributed by atoms with Gasteiger partial charge in [-0.2, -0.15) is 4.98 Å². The number of allylic oxidation sites excluding steroid dienone is 1. The smallest absolute Gasteiger partial charge is 0.310 e. The molecule has 6 nitrogen and oxygen atoms in total. The number of hydrogen-bond acceptors (Lipinski definition) is 5. The van der Waals surface area contributed by atoms with Crippen molar-refractivity contribution in [1.82, 2.24) is 14.5 Å². The molecule has 0 saturated carbocycles. The van der Waals surface area contributed by atoms with Gasteiger partial charge in [-0.05, 0) is 36.4 Å². The quantitative estimate of drug-likeness (QED) is 0.466. The first-order chi connectivity index (χ1) is 14.7. The Labute approximate surface area is 177 Å². The Morgan fingerprint density at radius 1 is 1.00 bits per heavy atom. The number of hydrogen-bond donors (Lipinski definition) is 1. The van der Waals surface area contributed by atoms with Crippen molar-refractivity contribution in [3.8, 4) is 23.3 Å². The van der Waals surface area contributed by atoms with Crippen LogP contribution in [0.3, 0.4) is 0 Å². The molecule has 0 atom stereocenters. The fraction of sp³-hybridized carbons (Fsp3) is 0. The molecule has 1 aliphatic heterocycles. The highest BCUT2D eigenvalue weighted by atomic mass is 35.5. The van der Waals surface area contributed by atoms with Crippen LogP contribution in [0, 0.1) is 0 Å². The zero-order valence-corrected chi connectivity index (χ0v) is 16.4. The summed E-state index contributed by atoms with van der Waals surface area (Å²) in [7, 11) is 0. The molecule has 0 bridgehead atoms. The molecule has 5 rings (SSSR count). The summed E-state index contributed by atoms with van der Waals surface area (Å²) in [4.78, 5) is 13.0. The summed E-state index contributed by atoms with van der Waals surface area (Å²) >= 11 is 6.09. The lowest BCUT2D eigenvalue weighted by Crippen LogP contribution is -1.97. The summed E-state index contributed by atoms with van der Waals surface area (Å²) in [6, 6.07) is 20.7. The van der Waals surface area contributed by atoms with E-state index >= 15 is 0 Å². The van der Waals surface area contributed by atoms with Crippen molar-refractivity contribution in [1.29, 1.82) is 0 Å². The molecule has 3 heterocycles. The number of halogens is 1. The van der Waals surface area contributed by atoms with Gasteiger partial charge in [0.1, 0.15) is 11.4 Å². The van der Waals surface area contributed by atoms with Gasteiger partial charge >= 0.3 is 6.01 Å². The van der Waals surface area contributed by atoms with Crippen LogP contribution in [0.1, 0.15) is 11.3 Å². The van der Waals surface area contributed by atoms with E-state index in [9.17, 15) is 5.11 Å². The third-order valence-corrected chi connectivity index (χ3v) is 4.78. The monoisotopic (exact) mass is 414 g/mol. The molecule has 1 N–H and O–H groups in total. The average Bonchev–Trinajstić information content (AvgIpc) is 3.30. The van der Waals surface area contributed by atoms with Gasteiger partial charge in [0.25, 0.3) is 0 Å². The Morgan fingerprint density at radius 2 is 1.73 bits per heavy atom. The van der Waals surface area contributed by atoms with Crippen LogP contribution in [-0.4, -0.2) is 25.9 Å². The Hall–Kier alpha value is -3.90. The molecule has 0 spiro atoms. The average molecular weight is 415 g/mol. The van der Waals surface area contributed by atoms with Crippen molar-refractivity contribution in [3.63, 3.8) is 0 Å². The van der Waals surface area contributed by atoms with Crippen molar-refractivity contribution < 1.29 is 9.84 Å². The van der Waals surface area contributed by atoms with E-state index < -0.39 is 0 Å². The molecule has 2 aromatic carbocycles. The molecular weight excluding hydrogens is 400 g/mol. The number of aromatic nitrogens is 3. The molecule has 4 aromatic rings. The van der Waals surface area contributed by atoms with E-state index in [0.29, 0.717) is 22.3 Å². The number of imidazole rings is 1. The fourth-order valence-corrected chi connectivity index (χ4v) is 3.35. The zero-order chi connectivity index (χ0) is 20.5. The van der Waals surface area contributed by atoms with Crippen LogP contribution in [0.25, 0.3) is 17.3 Å². The zero-order valence-electron chi connectivity index (χ0n) is 15.6. The Kier molecular flexibility index (Phi) is 4.53. The van der Waals surface area contributed by atoms with Crippen molar-refractivity contribution in [2.24, 2.45) is 4.99 Å². The molecular formula is C23H15ClN4O2. The topological polar surface area (TPSA) is 72.5 Å². The summed E-state index contributed by atoms with van der Waals surface area (Å²) < 4.78 is 7.53. The third-order valence-electron chi connectivity index (χ3n) is 4.58. The van der Waals surface area contributed by atoms with Crippen molar-refractivity contribution in [2.45, 2.75) is 0 Å². The number of benzene rings is 2. The first-order valence-corrected chi connectivity index (χ1v) is 9.58. The van der Waals surface area contributed by atoms with Gasteiger partial charge in [0.05, 0.1) is 10.7 Å². The lowest BCUT2D eigenvalue weighted by Gasteiger charge is -2.09. The highest BCUT2D eigenvalue weighted by Crippen LogP contribution is 2.36. The van der Waals surface area contributed by atoms with Crippen LogP contribution in [0.2, 0.25) is 5.02 Å². The van der Waals surface area contributed by atoms with Crippen LogP contribution < -0.4 is 4.74 Å². The summed E-state index contributed by atoms with van der Waals surface area (Å²) in [6.07, 6.45) is 4.96. The SMILES string of the molecule is Oc1c(C=C2C=Nc3ncc(Cl)cc32)nc(Oc2ccccc2)n1-c1ccccc1. The van der Waals surface area contributed by atoms with Gasteiger partial charge < -0.3 is 9.84 Å². The first-order valence-electron chi connectivity index (χ1n) is 9.21. The van der Waals surface area contributed by atoms with Gasteiger partial charge in [-0.1, -0.05) is 48.0 Å². The standard InChI is InChI=1S/C23H15ClN4O2/c24-16-12-19-15(13-25-21(19)26-14-16)11-20-22(29)28(17-7-3-1-4-8-17)23(27-20)30-18-9-5-2-6-10-18/h1-14,29H. The Bertz CT molecular complexity index is 1280. The minimum Gasteiger partial charge on any atom is -0.493 e. The molecule has 0 fully saturated rings. The highest BCUT2D eigenvalue weighted by Gasteiger charge is 2.21. The Balaban J connectivity index is 1.62. The molecule has 7 heteroatoms. The van der Waals surface area contributed by atoms with Crippen molar-refractivity contribution in [3.05, 3.63) is 89.2 Å². The van der Waals surface area contributed by atoms with E-state index in [1.165, 1.54) is 0 Å². The lowest BCUT2D eigenvalue weighted by molar-refractivity contribution is 0.403. The highest BCUT2D eigenvalue weighted by molar-refractivity contribution is 6.31. The molecule has 0 radical (unpaired) electrons. The van der Waals surface area contributed by atoms with Crippen molar-refractivity contribution in [2.75, 3.05) is 0 Å². The number of nitrogens with zero attached hydrogens (tertiary/aromatic N) is 4. The molecule has 0 saturated heterocycles. The van der Waals surface area contributed by atoms with Gasteiger partial charge in [0.15, 0.2) is 5.82 Å². The second kappa shape index (κ2) is 7.50. The Morgan fingerprint density at radius 3 is 2.50 bits per heavy atom. The fourth-order valence-electron chi connectivity index (χ4n) is 3.19. The van der Waals surface area contributed by atoms with E-state index in [-0.39, 0.29) is 11.9 Å². The maximum atomic E-state index is 11.0. The minimum atomic E-state index is -0.0449. The second-order valence-corrected chi connectivity index (χ2v) is 7.01. The molecule has 0 unspecified atom stereocenters.